The first-order valence-corrected chi connectivity index (χ1v) is 7.12. The van der Waals surface area contributed by atoms with Crippen molar-refractivity contribution in [2.45, 2.75) is 0 Å². The van der Waals surface area contributed by atoms with Crippen molar-refractivity contribution < 1.29 is 14.3 Å². The van der Waals surface area contributed by atoms with Crippen molar-refractivity contribution in [2.75, 3.05) is 26.2 Å². The van der Waals surface area contributed by atoms with Gasteiger partial charge in [0.2, 0.25) is 0 Å². The Hall–Kier alpha value is -2.01. The van der Waals surface area contributed by atoms with Gasteiger partial charge in [-0.1, -0.05) is 12.1 Å². The molecular weight excluding hydrogens is 334 g/mol. The molecule has 0 unspecified atom stereocenters. The number of methoxy groups -OCH3 is 2. The maximum Gasteiger partial charge on any atom is 0.258 e. The fourth-order valence-corrected chi connectivity index (χ4v) is 2.55. The number of hydrogen-bond acceptors (Lipinski definition) is 3. The van der Waals surface area contributed by atoms with Crippen LogP contribution in [-0.2, 0) is 0 Å². The van der Waals surface area contributed by atoms with Crippen LogP contribution in [0.5, 0.6) is 11.5 Å². The third kappa shape index (κ3) is 3.19. The van der Waals surface area contributed by atoms with Gasteiger partial charge < -0.3 is 14.4 Å². The monoisotopic (exact) mass is 349 g/mol. The molecular formula is C16H16BrNO3. The lowest BCUT2D eigenvalue weighted by Crippen LogP contribution is -2.26. The van der Waals surface area contributed by atoms with Crippen molar-refractivity contribution in [3.05, 3.63) is 52.5 Å². The van der Waals surface area contributed by atoms with E-state index in [1.165, 1.54) is 0 Å². The van der Waals surface area contributed by atoms with Crippen molar-refractivity contribution in [3.63, 3.8) is 0 Å². The summed E-state index contributed by atoms with van der Waals surface area (Å²) in [6, 6.07) is 12.6. The maximum absolute atomic E-state index is 12.6. The summed E-state index contributed by atoms with van der Waals surface area (Å²) < 4.78 is 11.2. The molecule has 2 aromatic carbocycles. The van der Waals surface area contributed by atoms with E-state index in [2.05, 4.69) is 15.9 Å². The zero-order chi connectivity index (χ0) is 15.4. The highest BCUT2D eigenvalue weighted by atomic mass is 79.9. The molecule has 0 saturated carbocycles. The number of benzene rings is 2. The zero-order valence-electron chi connectivity index (χ0n) is 12.1. The molecule has 0 heterocycles. The molecule has 0 N–H and O–H groups in total. The topological polar surface area (TPSA) is 38.8 Å². The van der Waals surface area contributed by atoms with Gasteiger partial charge in [0.05, 0.1) is 24.4 Å². The third-order valence-electron chi connectivity index (χ3n) is 3.15. The van der Waals surface area contributed by atoms with E-state index in [9.17, 15) is 4.79 Å². The van der Waals surface area contributed by atoms with E-state index in [0.717, 1.165) is 10.2 Å². The van der Waals surface area contributed by atoms with Gasteiger partial charge in [0.25, 0.3) is 5.91 Å². The van der Waals surface area contributed by atoms with Gasteiger partial charge in [0.1, 0.15) is 11.5 Å². The minimum Gasteiger partial charge on any atom is -0.496 e. The van der Waals surface area contributed by atoms with E-state index in [1.807, 2.05) is 24.3 Å². The number of amides is 1. The Morgan fingerprint density at radius 1 is 1.05 bits per heavy atom. The standard InChI is InChI=1S/C16H16BrNO3/c1-18(13-6-4-5-7-15(13)21-3)16(19)11-8-9-14(20-2)12(17)10-11/h4-10H,1-3H3. The molecule has 0 atom stereocenters. The summed E-state index contributed by atoms with van der Waals surface area (Å²) >= 11 is 3.39. The van der Waals surface area contributed by atoms with E-state index in [0.29, 0.717) is 17.1 Å². The fourth-order valence-electron chi connectivity index (χ4n) is 2.01. The van der Waals surface area contributed by atoms with Crippen LogP contribution in [0.25, 0.3) is 0 Å². The van der Waals surface area contributed by atoms with Crippen LogP contribution in [0.1, 0.15) is 10.4 Å². The van der Waals surface area contributed by atoms with Gasteiger partial charge in [0, 0.05) is 12.6 Å². The van der Waals surface area contributed by atoms with Gasteiger partial charge >= 0.3 is 0 Å². The number of rotatable bonds is 4. The van der Waals surface area contributed by atoms with E-state index in [1.54, 1.807) is 44.4 Å². The maximum atomic E-state index is 12.6. The highest BCUT2D eigenvalue weighted by Gasteiger charge is 2.17. The average Bonchev–Trinajstić information content (AvgIpc) is 2.53. The summed E-state index contributed by atoms with van der Waals surface area (Å²) in [5.74, 6) is 1.22. The Morgan fingerprint density at radius 3 is 2.33 bits per heavy atom. The third-order valence-corrected chi connectivity index (χ3v) is 3.77. The summed E-state index contributed by atoms with van der Waals surface area (Å²) in [4.78, 5) is 14.1. The van der Waals surface area contributed by atoms with Crippen LogP contribution < -0.4 is 14.4 Å². The van der Waals surface area contributed by atoms with Gasteiger partial charge in [-0.2, -0.15) is 0 Å². The predicted octanol–water partition coefficient (Wildman–Crippen LogP) is 3.74. The fraction of sp³-hybridized carbons (Fsp3) is 0.188. The molecule has 110 valence electrons. The van der Waals surface area contributed by atoms with Gasteiger partial charge in [-0.3, -0.25) is 4.79 Å². The lowest BCUT2D eigenvalue weighted by molar-refractivity contribution is 0.0992. The van der Waals surface area contributed by atoms with Crippen LogP contribution in [0.4, 0.5) is 5.69 Å². The van der Waals surface area contributed by atoms with E-state index in [-0.39, 0.29) is 5.91 Å². The number of carbonyl (C=O) groups is 1. The second kappa shape index (κ2) is 6.63. The molecule has 4 nitrogen and oxygen atoms in total. The Kier molecular flexibility index (Phi) is 4.85. The summed E-state index contributed by atoms with van der Waals surface area (Å²) in [6.45, 7) is 0. The first-order chi connectivity index (χ1) is 10.1. The SMILES string of the molecule is COc1ccc(C(=O)N(C)c2ccccc2OC)cc1Br. The lowest BCUT2D eigenvalue weighted by Gasteiger charge is -2.20. The highest BCUT2D eigenvalue weighted by Crippen LogP contribution is 2.30. The van der Waals surface area contributed by atoms with E-state index >= 15 is 0 Å². The van der Waals surface area contributed by atoms with Crippen LogP contribution in [0.2, 0.25) is 0 Å². The molecule has 21 heavy (non-hydrogen) atoms. The van der Waals surface area contributed by atoms with Crippen molar-refractivity contribution >= 4 is 27.5 Å². The van der Waals surface area contributed by atoms with Crippen LogP contribution in [-0.4, -0.2) is 27.2 Å². The predicted molar refractivity (Wildman–Crippen MR) is 86.4 cm³/mol. The molecule has 0 radical (unpaired) electrons. The molecule has 0 saturated heterocycles. The quantitative estimate of drug-likeness (QED) is 0.843. The molecule has 0 aromatic heterocycles. The Labute approximate surface area is 132 Å². The van der Waals surface area contributed by atoms with Crippen LogP contribution in [0, 0.1) is 0 Å². The van der Waals surface area contributed by atoms with Crippen molar-refractivity contribution in [3.8, 4) is 11.5 Å². The molecule has 5 heteroatoms. The Bertz CT molecular complexity index is 658. The molecule has 0 bridgehead atoms. The number of nitrogens with zero attached hydrogens (tertiary/aromatic N) is 1. The lowest BCUT2D eigenvalue weighted by atomic mass is 10.1. The summed E-state index contributed by atoms with van der Waals surface area (Å²) in [5.41, 5.74) is 1.29. The minimum atomic E-state index is -0.122. The first-order valence-electron chi connectivity index (χ1n) is 6.33. The molecule has 0 aliphatic rings. The van der Waals surface area contributed by atoms with E-state index < -0.39 is 0 Å². The molecule has 1 amide bonds. The molecule has 2 rings (SSSR count). The molecule has 2 aromatic rings. The van der Waals surface area contributed by atoms with E-state index in [4.69, 9.17) is 9.47 Å². The second-order valence-corrected chi connectivity index (χ2v) is 5.24. The van der Waals surface area contributed by atoms with Crippen molar-refractivity contribution in [1.82, 2.24) is 0 Å². The number of hydrogen-bond donors (Lipinski definition) is 0. The van der Waals surface area contributed by atoms with Crippen molar-refractivity contribution in [2.24, 2.45) is 0 Å². The number of halogens is 1. The number of carbonyl (C=O) groups excluding carboxylic acids is 1. The summed E-state index contributed by atoms with van der Waals surface area (Å²) in [7, 11) is 4.89. The van der Waals surface area contributed by atoms with Gasteiger partial charge in [-0.25, -0.2) is 0 Å². The minimum absolute atomic E-state index is 0.122. The summed E-state index contributed by atoms with van der Waals surface area (Å²) in [5, 5.41) is 0. The zero-order valence-corrected chi connectivity index (χ0v) is 13.7. The van der Waals surface area contributed by atoms with Gasteiger partial charge in [0.15, 0.2) is 0 Å². The van der Waals surface area contributed by atoms with Crippen LogP contribution in [0.3, 0.4) is 0 Å². The molecule has 0 spiro atoms. The first kappa shape index (κ1) is 15.4. The summed E-state index contributed by atoms with van der Waals surface area (Å²) in [6.07, 6.45) is 0. The van der Waals surface area contributed by atoms with Gasteiger partial charge in [-0.15, -0.1) is 0 Å². The number of para-hydroxylation sites is 2. The largest absolute Gasteiger partial charge is 0.496 e. The Morgan fingerprint density at radius 2 is 1.71 bits per heavy atom. The molecule has 0 aliphatic heterocycles. The number of ether oxygens (including phenoxy) is 2. The molecule has 0 aliphatic carbocycles. The average molecular weight is 350 g/mol. The molecule has 0 fully saturated rings. The highest BCUT2D eigenvalue weighted by molar-refractivity contribution is 9.10. The number of anilines is 1. The van der Waals surface area contributed by atoms with Crippen LogP contribution >= 0.6 is 15.9 Å². The Balaban J connectivity index is 2.33. The van der Waals surface area contributed by atoms with Crippen LogP contribution in [0.15, 0.2) is 46.9 Å². The second-order valence-electron chi connectivity index (χ2n) is 4.39. The van der Waals surface area contributed by atoms with Crippen molar-refractivity contribution in [1.29, 1.82) is 0 Å². The smallest absolute Gasteiger partial charge is 0.258 e. The normalized spacial score (nSPS) is 10.1. The van der Waals surface area contributed by atoms with Gasteiger partial charge in [-0.05, 0) is 46.3 Å².